The molecule has 0 fully saturated rings. The molecule has 1 aromatic carbocycles. The van der Waals surface area contributed by atoms with Crippen molar-refractivity contribution in [1.29, 1.82) is 0 Å². The van der Waals surface area contributed by atoms with Gasteiger partial charge in [-0.25, -0.2) is 9.97 Å². The van der Waals surface area contributed by atoms with Crippen LogP contribution in [0.4, 0.5) is 0 Å². The molecule has 1 aromatic heterocycles. The van der Waals surface area contributed by atoms with Gasteiger partial charge in [-0.2, -0.15) is 0 Å². The van der Waals surface area contributed by atoms with Crippen molar-refractivity contribution in [3.8, 4) is 11.4 Å². The van der Waals surface area contributed by atoms with Gasteiger partial charge in [0.25, 0.3) is 0 Å². The summed E-state index contributed by atoms with van der Waals surface area (Å²) < 4.78 is 0. The van der Waals surface area contributed by atoms with Gasteiger partial charge in [0.2, 0.25) is 0 Å². The van der Waals surface area contributed by atoms with E-state index in [0.29, 0.717) is 22.4 Å². The first-order valence-corrected chi connectivity index (χ1v) is 5.85. The van der Waals surface area contributed by atoms with E-state index >= 15 is 0 Å². The topological polar surface area (TPSA) is 51.8 Å². The molecule has 0 saturated heterocycles. The Kier molecular flexibility index (Phi) is 3.62. The largest absolute Gasteiger partial charge is 0.325 e. The van der Waals surface area contributed by atoms with E-state index in [1.165, 1.54) is 0 Å². The van der Waals surface area contributed by atoms with Gasteiger partial charge in [-0.05, 0) is 30.7 Å². The van der Waals surface area contributed by atoms with Crippen molar-refractivity contribution in [2.45, 2.75) is 13.5 Å². The molecule has 0 bridgehead atoms. The molecule has 0 aliphatic heterocycles. The Labute approximate surface area is 110 Å². The molecule has 0 aliphatic carbocycles. The number of aryl methyl sites for hydroxylation is 1. The number of halogens is 2. The molecule has 0 unspecified atom stereocenters. The third-order valence-electron chi connectivity index (χ3n) is 2.45. The lowest BCUT2D eigenvalue weighted by Gasteiger charge is -2.06. The Morgan fingerprint density at radius 2 is 2.00 bits per heavy atom. The monoisotopic (exact) mass is 267 g/mol. The third kappa shape index (κ3) is 2.57. The van der Waals surface area contributed by atoms with Crippen molar-refractivity contribution < 1.29 is 0 Å². The van der Waals surface area contributed by atoms with Crippen LogP contribution >= 0.6 is 23.2 Å². The summed E-state index contributed by atoms with van der Waals surface area (Å²) in [6, 6.07) is 5.30. The molecule has 0 spiro atoms. The molecule has 0 atom stereocenters. The molecule has 2 N–H and O–H groups in total. The van der Waals surface area contributed by atoms with Crippen LogP contribution in [0.5, 0.6) is 0 Å². The summed E-state index contributed by atoms with van der Waals surface area (Å²) >= 11 is 11.8. The smallest absolute Gasteiger partial charge is 0.159 e. The minimum Gasteiger partial charge on any atom is -0.325 e. The molecule has 2 aromatic rings. The molecule has 1 heterocycles. The molecule has 0 amide bonds. The molecule has 2 rings (SSSR count). The maximum absolute atomic E-state index is 5.96. The predicted octanol–water partition coefficient (Wildman–Crippen LogP) is 3.22. The molecule has 5 heteroatoms. The van der Waals surface area contributed by atoms with Gasteiger partial charge in [0, 0.05) is 18.3 Å². The van der Waals surface area contributed by atoms with Gasteiger partial charge >= 0.3 is 0 Å². The lowest BCUT2D eigenvalue weighted by Crippen LogP contribution is -2.04. The van der Waals surface area contributed by atoms with Gasteiger partial charge in [-0.1, -0.05) is 23.2 Å². The highest BCUT2D eigenvalue weighted by Gasteiger charge is 2.07. The molecule has 17 heavy (non-hydrogen) atoms. The van der Waals surface area contributed by atoms with Gasteiger partial charge < -0.3 is 5.73 Å². The number of hydrogen-bond acceptors (Lipinski definition) is 3. The number of hydrogen-bond donors (Lipinski definition) is 1. The predicted molar refractivity (Wildman–Crippen MR) is 70.1 cm³/mol. The van der Waals surface area contributed by atoms with Crippen LogP contribution in [0.25, 0.3) is 11.4 Å². The Bertz CT molecular complexity index is 555. The Morgan fingerprint density at radius 3 is 2.65 bits per heavy atom. The Morgan fingerprint density at radius 1 is 1.24 bits per heavy atom. The second-order valence-electron chi connectivity index (χ2n) is 3.66. The summed E-state index contributed by atoms with van der Waals surface area (Å²) in [6.45, 7) is 2.32. The van der Waals surface area contributed by atoms with Crippen LogP contribution in [0.15, 0.2) is 24.4 Å². The zero-order chi connectivity index (χ0) is 12.4. The van der Waals surface area contributed by atoms with E-state index in [1.54, 1.807) is 18.3 Å². The van der Waals surface area contributed by atoms with Gasteiger partial charge in [0.15, 0.2) is 5.82 Å². The number of aromatic nitrogens is 2. The minimum absolute atomic E-state index is 0.392. The molecular formula is C12H11Cl2N3. The van der Waals surface area contributed by atoms with Gasteiger partial charge in [-0.15, -0.1) is 0 Å². The van der Waals surface area contributed by atoms with E-state index in [9.17, 15) is 0 Å². The van der Waals surface area contributed by atoms with Crippen LogP contribution in [0, 0.1) is 6.92 Å². The third-order valence-corrected chi connectivity index (χ3v) is 3.19. The zero-order valence-electron chi connectivity index (χ0n) is 9.24. The summed E-state index contributed by atoms with van der Waals surface area (Å²) in [7, 11) is 0. The maximum Gasteiger partial charge on any atom is 0.159 e. The molecule has 0 saturated carbocycles. The average molecular weight is 268 g/mol. The fourth-order valence-corrected chi connectivity index (χ4v) is 1.76. The summed E-state index contributed by atoms with van der Waals surface area (Å²) in [5.74, 6) is 0.606. The van der Waals surface area contributed by atoms with Crippen molar-refractivity contribution in [3.05, 3.63) is 45.7 Å². The number of benzene rings is 1. The fourth-order valence-electron chi connectivity index (χ4n) is 1.46. The molecule has 0 radical (unpaired) electrons. The highest BCUT2D eigenvalue weighted by atomic mass is 35.5. The Balaban J connectivity index is 2.49. The van der Waals surface area contributed by atoms with Crippen molar-refractivity contribution in [3.63, 3.8) is 0 Å². The minimum atomic E-state index is 0.392. The van der Waals surface area contributed by atoms with Crippen LogP contribution in [0.2, 0.25) is 10.0 Å². The summed E-state index contributed by atoms with van der Waals surface area (Å²) in [5, 5.41) is 1.00. The lowest BCUT2D eigenvalue weighted by molar-refractivity contribution is 0.945. The van der Waals surface area contributed by atoms with Crippen molar-refractivity contribution >= 4 is 23.2 Å². The van der Waals surface area contributed by atoms with Crippen LogP contribution in [-0.2, 0) is 6.54 Å². The molecular weight excluding hydrogens is 257 g/mol. The van der Waals surface area contributed by atoms with E-state index in [2.05, 4.69) is 9.97 Å². The van der Waals surface area contributed by atoms with E-state index < -0.39 is 0 Å². The first-order valence-electron chi connectivity index (χ1n) is 5.10. The lowest BCUT2D eigenvalue weighted by atomic mass is 10.2. The molecule has 3 nitrogen and oxygen atoms in total. The normalized spacial score (nSPS) is 10.6. The van der Waals surface area contributed by atoms with Crippen LogP contribution in [-0.4, -0.2) is 9.97 Å². The highest BCUT2D eigenvalue weighted by molar-refractivity contribution is 6.42. The highest BCUT2D eigenvalue weighted by Crippen LogP contribution is 2.26. The standard InChI is InChI=1S/C12H11Cl2N3/c1-7-6-16-12(17-11(7)5-15)8-2-3-9(13)10(14)4-8/h2-4,6H,5,15H2,1H3. The second kappa shape index (κ2) is 5.00. The summed E-state index contributed by atoms with van der Waals surface area (Å²) in [5.41, 5.74) is 8.26. The van der Waals surface area contributed by atoms with E-state index in [4.69, 9.17) is 28.9 Å². The van der Waals surface area contributed by atoms with Crippen molar-refractivity contribution in [2.75, 3.05) is 0 Å². The van der Waals surface area contributed by atoms with E-state index in [0.717, 1.165) is 16.8 Å². The van der Waals surface area contributed by atoms with Gasteiger partial charge in [0.1, 0.15) is 0 Å². The van der Waals surface area contributed by atoms with E-state index in [-0.39, 0.29) is 0 Å². The van der Waals surface area contributed by atoms with Gasteiger partial charge in [-0.3, -0.25) is 0 Å². The fraction of sp³-hybridized carbons (Fsp3) is 0.167. The second-order valence-corrected chi connectivity index (χ2v) is 4.47. The Hall–Kier alpha value is -1.16. The molecule has 0 aliphatic rings. The SMILES string of the molecule is Cc1cnc(-c2ccc(Cl)c(Cl)c2)nc1CN. The number of rotatable bonds is 2. The summed E-state index contributed by atoms with van der Waals surface area (Å²) in [4.78, 5) is 8.65. The summed E-state index contributed by atoms with van der Waals surface area (Å²) in [6.07, 6.45) is 1.76. The first-order chi connectivity index (χ1) is 8.11. The van der Waals surface area contributed by atoms with Crippen LogP contribution in [0.3, 0.4) is 0 Å². The van der Waals surface area contributed by atoms with Crippen LogP contribution in [0.1, 0.15) is 11.3 Å². The average Bonchev–Trinajstić information content (AvgIpc) is 2.33. The zero-order valence-corrected chi connectivity index (χ0v) is 10.8. The van der Waals surface area contributed by atoms with Crippen molar-refractivity contribution in [1.82, 2.24) is 9.97 Å². The first kappa shape index (κ1) is 12.3. The van der Waals surface area contributed by atoms with Crippen LogP contribution < -0.4 is 5.73 Å². The molecule has 88 valence electrons. The van der Waals surface area contributed by atoms with Gasteiger partial charge in [0.05, 0.1) is 15.7 Å². The quantitative estimate of drug-likeness (QED) is 0.909. The number of nitrogens with two attached hydrogens (primary N) is 1. The maximum atomic E-state index is 5.96. The van der Waals surface area contributed by atoms with Crippen molar-refractivity contribution in [2.24, 2.45) is 5.73 Å². The number of nitrogens with zero attached hydrogens (tertiary/aromatic N) is 2. The van der Waals surface area contributed by atoms with E-state index in [1.807, 2.05) is 13.0 Å².